The van der Waals surface area contributed by atoms with Gasteiger partial charge in [0.25, 0.3) is 5.91 Å². The van der Waals surface area contributed by atoms with Gasteiger partial charge in [0.15, 0.2) is 0 Å². The van der Waals surface area contributed by atoms with Crippen molar-refractivity contribution in [1.82, 2.24) is 5.32 Å². The van der Waals surface area contributed by atoms with E-state index in [0.29, 0.717) is 6.42 Å². The highest BCUT2D eigenvalue weighted by Crippen LogP contribution is 2.44. The Kier molecular flexibility index (Phi) is 6.40. The molecule has 4 rings (SSSR count). The Hall–Kier alpha value is -4.07. The topological polar surface area (TPSA) is 118 Å². The van der Waals surface area contributed by atoms with Crippen LogP contribution in [0.1, 0.15) is 54.3 Å². The molecule has 3 aromatic rings. The van der Waals surface area contributed by atoms with Crippen LogP contribution in [0.2, 0.25) is 0 Å². The van der Waals surface area contributed by atoms with Crippen LogP contribution in [0.25, 0.3) is 11.1 Å². The first-order valence-corrected chi connectivity index (χ1v) is 11.1. The van der Waals surface area contributed by atoms with Crippen molar-refractivity contribution in [2.45, 2.75) is 38.1 Å². The standard InChI is InChI=1S/C26H26N2O6/c1-3-13-26(2,24(30)31)28-23(29)22-21(12-14-33-22)27-25(32)34-15-20-18-10-6-4-8-16(18)17-9-5-7-11-19(17)20/h4-12,14,20H,3,13,15H2,1-2H3,(H,27,32)(H,28,29)(H,30,31). The Morgan fingerprint density at radius 2 is 1.65 bits per heavy atom. The number of rotatable bonds is 8. The van der Waals surface area contributed by atoms with E-state index in [1.165, 1.54) is 19.3 Å². The number of hydrogen-bond acceptors (Lipinski definition) is 5. The maximum atomic E-state index is 12.7. The molecule has 1 unspecified atom stereocenters. The third-order valence-electron chi connectivity index (χ3n) is 6.06. The first-order chi connectivity index (χ1) is 16.3. The number of anilines is 1. The van der Waals surface area contributed by atoms with Crippen LogP contribution in [0.5, 0.6) is 0 Å². The summed E-state index contributed by atoms with van der Waals surface area (Å²) in [6.07, 6.45) is 1.30. The van der Waals surface area contributed by atoms with Crippen LogP contribution in [-0.2, 0) is 9.53 Å². The minimum Gasteiger partial charge on any atom is -0.480 e. The van der Waals surface area contributed by atoms with Gasteiger partial charge >= 0.3 is 12.1 Å². The number of nitrogens with one attached hydrogen (secondary N) is 2. The summed E-state index contributed by atoms with van der Waals surface area (Å²) < 4.78 is 10.7. The fraction of sp³-hybridized carbons (Fsp3) is 0.269. The molecular formula is C26H26N2O6. The van der Waals surface area contributed by atoms with Crippen molar-refractivity contribution >= 4 is 23.7 Å². The zero-order valence-corrected chi connectivity index (χ0v) is 19.0. The summed E-state index contributed by atoms with van der Waals surface area (Å²) >= 11 is 0. The van der Waals surface area contributed by atoms with Crippen molar-refractivity contribution in [3.63, 3.8) is 0 Å². The Labute approximate surface area is 196 Å². The van der Waals surface area contributed by atoms with E-state index in [2.05, 4.69) is 10.6 Å². The van der Waals surface area contributed by atoms with E-state index in [1.807, 2.05) is 55.5 Å². The monoisotopic (exact) mass is 462 g/mol. The Morgan fingerprint density at radius 3 is 2.24 bits per heavy atom. The number of amides is 2. The van der Waals surface area contributed by atoms with E-state index >= 15 is 0 Å². The number of benzene rings is 2. The largest absolute Gasteiger partial charge is 0.480 e. The van der Waals surface area contributed by atoms with Crippen molar-refractivity contribution in [2.24, 2.45) is 0 Å². The smallest absolute Gasteiger partial charge is 0.411 e. The van der Waals surface area contributed by atoms with E-state index in [-0.39, 0.29) is 30.4 Å². The Bertz CT molecular complexity index is 1190. The first kappa shape index (κ1) is 23.1. The summed E-state index contributed by atoms with van der Waals surface area (Å²) in [4.78, 5) is 36.9. The molecule has 3 N–H and O–H groups in total. The molecule has 1 aliphatic carbocycles. The van der Waals surface area contributed by atoms with Gasteiger partial charge in [-0.25, -0.2) is 9.59 Å². The average molecular weight is 463 g/mol. The van der Waals surface area contributed by atoms with Crippen molar-refractivity contribution in [2.75, 3.05) is 11.9 Å². The minimum absolute atomic E-state index is 0.0963. The fourth-order valence-corrected chi connectivity index (χ4v) is 4.36. The second kappa shape index (κ2) is 9.43. The lowest BCUT2D eigenvalue weighted by Gasteiger charge is -2.25. The number of carbonyl (C=O) groups excluding carboxylic acids is 2. The van der Waals surface area contributed by atoms with Gasteiger partial charge in [-0.05, 0) is 35.6 Å². The molecule has 0 aliphatic heterocycles. The van der Waals surface area contributed by atoms with Crippen LogP contribution in [0.3, 0.4) is 0 Å². The number of hydrogen-bond donors (Lipinski definition) is 3. The number of carboxylic acid groups (broad SMARTS) is 1. The van der Waals surface area contributed by atoms with E-state index in [1.54, 1.807) is 0 Å². The quantitative estimate of drug-likeness (QED) is 0.433. The van der Waals surface area contributed by atoms with Crippen molar-refractivity contribution < 1.29 is 28.6 Å². The molecule has 0 spiro atoms. The summed E-state index contributed by atoms with van der Waals surface area (Å²) in [6, 6.07) is 17.4. The van der Waals surface area contributed by atoms with Crippen molar-refractivity contribution in [1.29, 1.82) is 0 Å². The second-order valence-corrected chi connectivity index (χ2v) is 8.46. The number of aliphatic carboxylic acids is 1. The van der Waals surface area contributed by atoms with Crippen LogP contribution in [0, 0.1) is 0 Å². The highest BCUT2D eigenvalue weighted by Gasteiger charge is 2.35. The molecule has 0 saturated heterocycles. The van der Waals surface area contributed by atoms with Gasteiger partial charge in [0.1, 0.15) is 12.1 Å². The van der Waals surface area contributed by atoms with Gasteiger partial charge in [0.2, 0.25) is 5.76 Å². The van der Waals surface area contributed by atoms with Crippen LogP contribution in [-0.4, -0.2) is 35.2 Å². The van der Waals surface area contributed by atoms with Gasteiger partial charge < -0.3 is 19.6 Å². The van der Waals surface area contributed by atoms with Gasteiger partial charge in [0.05, 0.1) is 12.0 Å². The number of furan rings is 1. The second-order valence-electron chi connectivity index (χ2n) is 8.46. The van der Waals surface area contributed by atoms with Crippen LogP contribution in [0.15, 0.2) is 65.3 Å². The predicted molar refractivity (Wildman–Crippen MR) is 126 cm³/mol. The molecule has 2 amide bonds. The Morgan fingerprint density at radius 1 is 1.03 bits per heavy atom. The number of carboxylic acids is 1. The lowest BCUT2D eigenvalue weighted by Crippen LogP contribution is -2.52. The number of ether oxygens (including phenoxy) is 1. The number of fused-ring (bicyclic) bond motifs is 3. The summed E-state index contributed by atoms with van der Waals surface area (Å²) in [5.41, 5.74) is 3.05. The van der Waals surface area contributed by atoms with Crippen LogP contribution >= 0.6 is 0 Å². The van der Waals surface area contributed by atoms with Gasteiger partial charge in [-0.2, -0.15) is 0 Å². The normalized spacial score (nSPS) is 13.9. The molecule has 8 nitrogen and oxygen atoms in total. The van der Waals surface area contributed by atoms with Crippen LogP contribution < -0.4 is 10.6 Å². The molecule has 8 heteroatoms. The lowest BCUT2D eigenvalue weighted by molar-refractivity contribution is -0.144. The molecule has 1 aromatic heterocycles. The highest BCUT2D eigenvalue weighted by atomic mass is 16.5. The molecule has 0 fully saturated rings. The molecule has 0 bridgehead atoms. The summed E-state index contributed by atoms with van der Waals surface area (Å²) in [5, 5.41) is 14.5. The molecule has 1 aliphatic rings. The molecule has 176 valence electrons. The molecule has 1 heterocycles. The first-order valence-electron chi connectivity index (χ1n) is 11.1. The van der Waals surface area contributed by atoms with Gasteiger partial charge in [0, 0.05) is 12.0 Å². The zero-order valence-electron chi connectivity index (χ0n) is 19.0. The maximum Gasteiger partial charge on any atom is 0.411 e. The average Bonchev–Trinajstić information content (AvgIpc) is 3.40. The van der Waals surface area contributed by atoms with E-state index in [9.17, 15) is 19.5 Å². The molecule has 0 radical (unpaired) electrons. The van der Waals surface area contributed by atoms with E-state index < -0.39 is 23.5 Å². The highest BCUT2D eigenvalue weighted by molar-refractivity contribution is 6.02. The summed E-state index contributed by atoms with van der Waals surface area (Å²) in [6.45, 7) is 3.37. The molecule has 2 aromatic carbocycles. The zero-order chi connectivity index (χ0) is 24.3. The van der Waals surface area contributed by atoms with Gasteiger partial charge in [-0.3, -0.25) is 10.1 Å². The van der Waals surface area contributed by atoms with Gasteiger partial charge in [-0.1, -0.05) is 61.9 Å². The van der Waals surface area contributed by atoms with E-state index in [0.717, 1.165) is 22.3 Å². The summed E-state index contributed by atoms with van der Waals surface area (Å²) in [7, 11) is 0. The Balaban J connectivity index is 1.43. The predicted octanol–water partition coefficient (Wildman–Crippen LogP) is 5.01. The van der Waals surface area contributed by atoms with Gasteiger partial charge in [-0.15, -0.1) is 0 Å². The third kappa shape index (κ3) is 4.39. The minimum atomic E-state index is -1.46. The molecule has 1 atom stereocenters. The van der Waals surface area contributed by atoms with E-state index in [4.69, 9.17) is 9.15 Å². The molecule has 34 heavy (non-hydrogen) atoms. The SMILES string of the molecule is CCCC(C)(NC(=O)c1occc1NC(=O)OCC1c2ccccc2-c2ccccc21)C(=O)O. The maximum absolute atomic E-state index is 12.7. The van der Waals surface area contributed by atoms with Crippen LogP contribution in [0.4, 0.5) is 10.5 Å². The summed E-state index contributed by atoms with van der Waals surface area (Å²) in [5.74, 6) is -2.19. The molecule has 0 saturated carbocycles. The van der Waals surface area contributed by atoms with Crippen molar-refractivity contribution in [3.8, 4) is 11.1 Å². The van der Waals surface area contributed by atoms with Crippen molar-refractivity contribution in [3.05, 3.63) is 77.7 Å². The number of carbonyl (C=O) groups is 3. The third-order valence-corrected chi connectivity index (χ3v) is 6.06. The fourth-order valence-electron chi connectivity index (χ4n) is 4.36. The lowest BCUT2D eigenvalue weighted by atomic mass is 9.96. The molecular weight excluding hydrogens is 436 g/mol.